The summed E-state index contributed by atoms with van der Waals surface area (Å²) in [4.78, 5) is 14.2. The minimum absolute atomic E-state index is 0.0470. The molecule has 0 aliphatic carbocycles. The summed E-state index contributed by atoms with van der Waals surface area (Å²) < 4.78 is 5.43. The maximum absolute atomic E-state index is 10.8. The van der Waals surface area contributed by atoms with Gasteiger partial charge in [0, 0.05) is 12.3 Å². The molecule has 0 unspecified atom stereocenters. The van der Waals surface area contributed by atoms with Crippen molar-refractivity contribution >= 4 is 5.69 Å². The monoisotopic (exact) mass is 258 g/mol. The van der Waals surface area contributed by atoms with Crippen LogP contribution >= 0.6 is 0 Å². The topological polar surface area (TPSA) is 65.3 Å². The maximum Gasteiger partial charge on any atom is 0.330 e. The van der Waals surface area contributed by atoms with Gasteiger partial charge in [0.15, 0.2) is 0 Å². The summed E-state index contributed by atoms with van der Waals surface area (Å²) in [6.07, 6.45) is 1.47. The molecule has 0 spiro atoms. The van der Waals surface area contributed by atoms with Crippen molar-refractivity contribution in [1.29, 1.82) is 0 Å². The van der Waals surface area contributed by atoms with Gasteiger partial charge in [-0.3, -0.25) is 10.1 Å². The van der Waals surface area contributed by atoms with E-state index in [1.807, 2.05) is 32.0 Å². The quantitative estimate of drug-likeness (QED) is 0.624. The number of nitrogens with zero attached hydrogens (tertiary/aromatic N) is 2. The summed E-state index contributed by atoms with van der Waals surface area (Å²) in [6, 6.07) is 8.84. The Labute approximate surface area is 111 Å². The molecule has 0 saturated carbocycles. The van der Waals surface area contributed by atoms with E-state index >= 15 is 0 Å². The highest BCUT2D eigenvalue weighted by atomic mass is 16.6. The lowest BCUT2D eigenvalue weighted by Gasteiger charge is -2.07. The van der Waals surface area contributed by atoms with Crippen LogP contribution in [0.25, 0.3) is 0 Å². The molecular weight excluding hydrogens is 244 g/mol. The second-order valence-electron chi connectivity index (χ2n) is 4.29. The van der Waals surface area contributed by atoms with E-state index in [0.717, 1.165) is 11.1 Å². The van der Waals surface area contributed by atoms with Gasteiger partial charge in [-0.05, 0) is 36.6 Å². The number of nitro groups is 1. The number of aryl methyl sites for hydroxylation is 2. The van der Waals surface area contributed by atoms with Gasteiger partial charge in [0.1, 0.15) is 6.61 Å². The zero-order valence-corrected chi connectivity index (χ0v) is 10.8. The molecule has 1 heterocycles. The van der Waals surface area contributed by atoms with Crippen molar-refractivity contribution in [3.05, 3.63) is 63.3 Å². The lowest BCUT2D eigenvalue weighted by molar-refractivity contribution is -0.386. The Morgan fingerprint density at radius 3 is 2.74 bits per heavy atom. The van der Waals surface area contributed by atoms with Gasteiger partial charge >= 0.3 is 5.69 Å². The second kappa shape index (κ2) is 5.48. The molecule has 5 nitrogen and oxygen atoms in total. The van der Waals surface area contributed by atoms with Crippen LogP contribution in [0.3, 0.4) is 0 Å². The van der Waals surface area contributed by atoms with E-state index in [1.165, 1.54) is 23.9 Å². The molecule has 0 fully saturated rings. The number of hydrogen-bond acceptors (Lipinski definition) is 4. The van der Waals surface area contributed by atoms with Crippen LogP contribution < -0.4 is 4.74 Å². The first kappa shape index (κ1) is 13.0. The highest BCUT2D eigenvalue weighted by molar-refractivity contribution is 5.40. The fourth-order valence-corrected chi connectivity index (χ4v) is 1.68. The van der Waals surface area contributed by atoms with Gasteiger partial charge in [0.2, 0.25) is 0 Å². The Kier molecular flexibility index (Phi) is 3.75. The third-order valence-corrected chi connectivity index (χ3v) is 2.89. The molecule has 0 saturated heterocycles. The molecule has 1 aromatic heterocycles. The van der Waals surface area contributed by atoms with Crippen molar-refractivity contribution < 1.29 is 9.66 Å². The molecule has 0 amide bonds. The van der Waals surface area contributed by atoms with E-state index in [2.05, 4.69) is 4.98 Å². The van der Waals surface area contributed by atoms with E-state index in [9.17, 15) is 10.1 Å². The predicted molar refractivity (Wildman–Crippen MR) is 71.1 cm³/mol. The van der Waals surface area contributed by atoms with Crippen LogP contribution in [0.4, 0.5) is 5.69 Å². The molecule has 0 aliphatic rings. The van der Waals surface area contributed by atoms with Crippen molar-refractivity contribution in [2.75, 3.05) is 0 Å². The van der Waals surface area contributed by atoms with Crippen molar-refractivity contribution in [2.45, 2.75) is 20.5 Å². The van der Waals surface area contributed by atoms with Gasteiger partial charge in [-0.25, -0.2) is 4.98 Å². The third-order valence-electron chi connectivity index (χ3n) is 2.89. The van der Waals surface area contributed by atoms with E-state index in [4.69, 9.17) is 4.74 Å². The van der Waals surface area contributed by atoms with Crippen LogP contribution in [-0.2, 0) is 6.61 Å². The van der Waals surface area contributed by atoms with E-state index in [-0.39, 0.29) is 18.2 Å². The van der Waals surface area contributed by atoms with Crippen LogP contribution in [0.1, 0.15) is 16.7 Å². The van der Waals surface area contributed by atoms with E-state index in [1.54, 1.807) is 0 Å². The molecule has 19 heavy (non-hydrogen) atoms. The molecule has 0 bridgehead atoms. The Hall–Kier alpha value is -2.43. The molecule has 2 aromatic rings. The summed E-state index contributed by atoms with van der Waals surface area (Å²) in [7, 11) is 0. The van der Waals surface area contributed by atoms with Crippen LogP contribution in [0.5, 0.6) is 5.88 Å². The first-order chi connectivity index (χ1) is 9.08. The summed E-state index contributed by atoms with van der Waals surface area (Å²) in [6.45, 7) is 4.31. The number of ether oxygens (including phenoxy) is 1. The van der Waals surface area contributed by atoms with Crippen LogP contribution in [-0.4, -0.2) is 9.91 Å². The van der Waals surface area contributed by atoms with Crippen LogP contribution in [0, 0.1) is 24.0 Å². The smallest absolute Gasteiger partial charge is 0.330 e. The van der Waals surface area contributed by atoms with Gasteiger partial charge in [0.05, 0.1) is 4.92 Å². The highest BCUT2D eigenvalue weighted by Crippen LogP contribution is 2.24. The zero-order valence-electron chi connectivity index (χ0n) is 10.8. The van der Waals surface area contributed by atoms with Crippen molar-refractivity contribution in [2.24, 2.45) is 0 Å². The maximum atomic E-state index is 10.8. The second-order valence-corrected chi connectivity index (χ2v) is 4.29. The van der Waals surface area contributed by atoms with Crippen molar-refractivity contribution in [1.82, 2.24) is 4.98 Å². The SMILES string of the molecule is Cc1ccc(COc2ncccc2[N+](=O)[O-])cc1C. The van der Waals surface area contributed by atoms with E-state index < -0.39 is 4.92 Å². The normalized spacial score (nSPS) is 10.2. The van der Waals surface area contributed by atoms with Gasteiger partial charge in [-0.15, -0.1) is 0 Å². The molecule has 1 aromatic carbocycles. The van der Waals surface area contributed by atoms with Crippen LogP contribution in [0.2, 0.25) is 0 Å². The van der Waals surface area contributed by atoms with Gasteiger partial charge in [0.25, 0.3) is 5.88 Å². The number of pyridine rings is 1. The number of benzene rings is 1. The van der Waals surface area contributed by atoms with Gasteiger partial charge in [-0.1, -0.05) is 18.2 Å². The molecule has 2 rings (SSSR count). The predicted octanol–water partition coefficient (Wildman–Crippen LogP) is 3.19. The average Bonchev–Trinajstić information content (AvgIpc) is 2.40. The lowest BCUT2D eigenvalue weighted by atomic mass is 10.1. The number of aromatic nitrogens is 1. The Bertz CT molecular complexity index is 611. The fourth-order valence-electron chi connectivity index (χ4n) is 1.68. The summed E-state index contributed by atoms with van der Waals surface area (Å²) in [5.74, 6) is 0.0470. The molecular formula is C14H14N2O3. The van der Waals surface area contributed by atoms with Crippen molar-refractivity contribution in [3.63, 3.8) is 0 Å². The first-order valence-corrected chi connectivity index (χ1v) is 5.86. The van der Waals surface area contributed by atoms with Gasteiger partial charge in [-0.2, -0.15) is 0 Å². The third kappa shape index (κ3) is 3.07. The largest absolute Gasteiger partial charge is 0.468 e. The zero-order chi connectivity index (χ0) is 13.8. The van der Waals surface area contributed by atoms with Gasteiger partial charge < -0.3 is 4.74 Å². The minimum atomic E-state index is -0.497. The number of hydrogen-bond donors (Lipinski definition) is 0. The highest BCUT2D eigenvalue weighted by Gasteiger charge is 2.15. The molecule has 0 radical (unpaired) electrons. The van der Waals surface area contributed by atoms with Crippen molar-refractivity contribution in [3.8, 4) is 5.88 Å². The lowest BCUT2D eigenvalue weighted by Crippen LogP contribution is -2.01. The Morgan fingerprint density at radius 1 is 1.26 bits per heavy atom. The minimum Gasteiger partial charge on any atom is -0.468 e. The Balaban J connectivity index is 2.14. The number of rotatable bonds is 4. The average molecular weight is 258 g/mol. The molecule has 0 N–H and O–H groups in total. The summed E-state index contributed by atoms with van der Waals surface area (Å²) >= 11 is 0. The Morgan fingerprint density at radius 2 is 2.05 bits per heavy atom. The molecule has 0 atom stereocenters. The summed E-state index contributed by atoms with van der Waals surface area (Å²) in [5.41, 5.74) is 3.21. The standard InChI is InChI=1S/C14H14N2O3/c1-10-5-6-12(8-11(10)2)9-19-14-13(16(17)18)4-3-7-15-14/h3-8H,9H2,1-2H3. The molecule has 98 valence electrons. The summed E-state index contributed by atoms with van der Waals surface area (Å²) in [5, 5.41) is 10.8. The fraction of sp³-hybridized carbons (Fsp3) is 0.214. The van der Waals surface area contributed by atoms with E-state index in [0.29, 0.717) is 0 Å². The van der Waals surface area contributed by atoms with Crippen LogP contribution in [0.15, 0.2) is 36.5 Å². The molecule has 5 heteroatoms. The first-order valence-electron chi connectivity index (χ1n) is 5.86. The molecule has 0 aliphatic heterocycles.